The van der Waals surface area contributed by atoms with E-state index in [1.165, 1.54) is 12.1 Å². The number of hydrogen-bond acceptors (Lipinski definition) is 2. The molecule has 17 heavy (non-hydrogen) atoms. The molecule has 0 fully saturated rings. The maximum Gasteiger partial charge on any atom is 0.334 e. The van der Waals surface area contributed by atoms with E-state index in [1.54, 1.807) is 14.2 Å². The van der Waals surface area contributed by atoms with E-state index in [1.807, 2.05) is 6.55 Å². The second-order valence-corrected chi connectivity index (χ2v) is 7.72. The van der Waals surface area contributed by atoms with Gasteiger partial charge in [0, 0.05) is 20.3 Å². The average Bonchev–Trinajstić information content (AvgIpc) is 2.32. The number of rotatable bonds is 6. The minimum Gasteiger partial charge on any atom is -0.398 e. The summed E-state index contributed by atoms with van der Waals surface area (Å²) in [5, 5.41) is 0. The van der Waals surface area contributed by atoms with Crippen molar-refractivity contribution in [2.45, 2.75) is 25.4 Å². The average molecular weight is 260 g/mol. The van der Waals surface area contributed by atoms with Crippen LogP contribution in [0.2, 0.25) is 12.6 Å². The SMILES string of the molecule is CO[Si](C)(CCCc1ccc(F)cc1F)OC. The zero-order valence-corrected chi connectivity index (χ0v) is 11.4. The Morgan fingerprint density at radius 2 is 1.82 bits per heavy atom. The zero-order chi connectivity index (χ0) is 12.9. The highest BCUT2D eigenvalue weighted by Crippen LogP contribution is 2.18. The van der Waals surface area contributed by atoms with Crippen molar-refractivity contribution in [3.63, 3.8) is 0 Å². The smallest absolute Gasteiger partial charge is 0.334 e. The zero-order valence-electron chi connectivity index (χ0n) is 10.4. The Morgan fingerprint density at radius 1 is 1.18 bits per heavy atom. The maximum atomic E-state index is 13.3. The van der Waals surface area contributed by atoms with Gasteiger partial charge < -0.3 is 8.85 Å². The van der Waals surface area contributed by atoms with Crippen LogP contribution in [0, 0.1) is 11.6 Å². The summed E-state index contributed by atoms with van der Waals surface area (Å²) >= 11 is 0. The quantitative estimate of drug-likeness (QED) is 0.731. The van der Waals surface area contributed by atoms with Gasteiger partial charge in [-0.2, -0.15) is 0 Å². The Kier molecular flexibility index (Phi) is 5.23. The van der Waals surface area contributed by atoms with Gasteiger partial charge in [-0.15, -0.1) is 0 Å². The summed E-state index contributed by atoms with van der Waals surface area (Å²) in [6, 6.07) is 4.47. The highest BCUT2D eigenvalue weighted by Gasteiger charge is 2.27. The molecule has 0 spiro atoms. The van der Waals surface area contributed by atoms with E-state index in [2.05, 4.69) is 0 Å². The van der Waals surface area contributed by atoms with Crippen LogP contribution in [0.25, 0.3) is 0 Å². The van der Waals surface area contributed by atoms with Gasteiger partial charge in [-0.1, -0.05) is 6.07 Å². The van der Waals surface area contributed by atoms with Gasteiger partial charge in [-0.25, -0.2) is 8.78 Å². The number of halogens is 2. The molecule has 0 heterocycles. The molecule has 0 N–H and O–H groups in total. The molecule has 0 aliphatic heterocycles. The molecular formula is C12H18F2O2Si. The van der Waals surface area contributed by atoms with E-state index in [0.29, 0.717) is 12.0 Å². The molecule has 1 aromatic carbocycles. The van der Waals surface area contributed by atoms with Crippen molar-refractivity contribution < 1.29 is 17.6 Å². The molecule has 2 nitrogen and oxygen atoms in total. The third-order valence-corrected chi connectivity index (χ3v) is 5.94. The molecule has 0 atom stereocenters. The van der Waals surface area contributed by atoms with Crippen LogP contribution in [0.5, 0.6) is 0 Å². The molecule has 1 aromatic rings. The highest BCUT2D eigenvalue weighted by atomic mass is 28.4. The molecule has 96 valence electrons. The van der Waals surface area contributed by atoms with Crippen molar-refractivity contribution in [1.29, 1.82) is 0 Å². The predicted molar refractivity (Wildman–Crippen MR) is 65.1 cm³/mol. The van der Waals surface area contributed by atoms with E-state index < -0.39 is 20.2 Å². The fourth-order valence-electron chi connectivity index (χ4n) is 1.61. The molecule has 0 unspecified atom stereocenters. The molecule has 0 amide bonds. The minimum absolute atomic E-state index is 0.483. The van der Waals surface area contributed by atoms with Crippen LogP contribution in [0.4, 0.5) is 8.78 Å². The van der Waals surface area contributed by atoms with Crippen molar-refractivity contribution in [1.82, 2.24) is 0 Å². The Balaban J connectivity index is 2.51. The Morgan fingerprint density at radius 3 is 2.35 bits per heavy atom. The second kappa shape index (κ2) is 6.23. The van der Waals surface area contributed by atoms with Crippen LogP contribution in [0.1, 0.15) is 12.0 Å². The van der Waals surface area contributed by atoms with Crippen molar-refractivity contribution in [3.05, 3.63) is 35.4 Å². The van der Waals surface area contributed by atoms with Gasteiger partial charge in [-0.3, -0.25) is 0 Å². The molecule has 5 heteroatoms. The number of benzene rings is 1. The Bertz CT molecular complexity index is 368. The third kappa shape index (κ3) is 4.18. The summed E-state index contributed by atoms with van der Waals surface area (Å²) in [6.07, 6.45) is 1.34. The third-order valence-electron chi connectivity index (χ3n) is 2.96. The summed E-state index contributed by atoms with van der Waals surface area (Å²) < 4.78 is 36.7. The lowest BCUT2D eigenvalue weighted by atomic mass is 10.1. The molecule has 0 saturated carbocycles. The summed E-state index contributed by atoms with van der Waals surface area (Å²) in [6.45, 7) is 1.97. The molecule has 1 rings (SSSR count). The molecular weight excluding hydrogens is 242 g/mol. The van der Waals surface area contributed by atoms with Gasteiger partial charge in [-0.05, 0) is 37.1 Å². The van der Waals surface area contributed by atoms with Gasteiger partial charge in [0.15, 0.2) is 0 Å². The van der Waals surface area contributed by atoms with E-state index in [-0.39, 0.29) is 0 Å². The first-order valence-electron chi connectivity index (χ1n) is 5.55. The number of hydrogen-bond donors (Lipinski definition) is 0. The lowest BCUT2D eigenvalue weighted by molar-refractivity contribution is 0.248. The normalized spacial score (nSPS) is 11.8. The van der Waals surface area contributed by atoms with Crippen molar-refractivity contribution >= 4 is 8.56 Å². The Hall–Kier alpha value is -0.783. The van der Waals surface area contributed by atoms with Crippen LogP contribution in [0.3, 0.4) is 0 Å². The molecule has 0 bridgehead atoms. The van der Waals surface area contributed by atoms with Gasteiger partial charge in [0.05, 0.1) is 0 Å². The molecule has 0 aliphatic carbocycles. The van der Waals surface area contributed by atoms with Crippen LogP contribution in [-0.2, 0) is 15.3 Å². The topological polar surface area (TPSA) is 18.5 Å². The molecule has 0 radical (unpaired) electrons. The molecule has 0 aliphatic rings. The van der Waals surface area contributed by atoms with Crippen molar-refractivity contribution in [3.8, 4) is 0 Å². The fraction of sp³-hybridized carbons (Fsp3) is 0.500. The monoisotopic (exact) mass is 260 g/mol. The largest absolute Gasteiger partial charge is 0.398 e. The summed E-state index contributed by atoms with van der Waals surface area (Å²) in [5.41, 5.74) is 0.537. The van der Waals surface area contributed by atoms with Crippen molar-refractivity contribution in [2.24, 2.45) is 0 Å². The standard InChI is InChI=1S/C12H18F2O2Si/c1-15-17(3,16-2)8-4-5-10-6-7-11(13)9-12(10)14/h6-7,9H,4-5,8H2,1-3H3. The van der Waals surface area contributed by atoms with Crippen LogP contribution in [0.15, 0.2) is 18.2 Å². The first kappa shape index (κ1) is 14.3. The van der Waals surface area contributed by atoms with Gasteiger partial charge in [0.2, 0.25) is 0 Å². The summed E-state index contributed by atoms with van der Waals surface area (Å²) in [7, 11) is 1.19. The molecule has 0 aromatic heterocycles. The first-order valence-corrected chi connectivity index (χ1v) is 8.07. The lowest BCUT2D eigenvalue weighted by Crippen LogP contribution is -2.35. The number of aryl methyl sites for hydroxylation is 1. The van der Waals surface area contributed by atoms with Crippen LogP contribution >= 0.6 is 0 Å². The van der Waals surface area contributed by atoms with Crippen LogP contribution in [-0.4, -0.2) is 22.8 Å². The second-order valence-electron chi connectivity index (χ2n) is 4.13. The predicted octanol–water partition coefficient (Wildman–Crippen LogP) is 3.26. The summed E-state index contributed by atoms with van der Waals surface area (Å²) in [5.74, 6) is -1.03. The lowest BCUT2D eigenvalue weighted by Gasteiger charge is -2.22. The maximum absolute atomic E-state index is 13.3. The van der Waals surface area contributed by atoms with E-state index in [9.17, 15) is 8.78 Å². The molecule has 0 saturated heterocycles. The van der Waals surface area contributed by atoms with Crippen LogP contribution < -0.4 is 0 Å². The highest BCUT2D eigenvalue weighted by molar-refractivity contribution is 6.65. The van der Waals surface area contributed by atoms with Gasteiger partial charge >= 0.3 is 8.56 Å². The van der Waals surface area contributed by atoms with E-state index >= 15 is 0 Å². The Labute approximate surface area is 102 Å². The van der Waals surface area contributed by atoms with E-state index in [4.69, 9.17) is 8.85 Å². The fourth-order valence-corrected chi connectivity index (χ4v) is 3.01. The van der Waals surface area contributed by atoms with Crippen molar-refractivity contribution in [2.75, 3.05) is 14.2 Å². The van der Waals surface area contributed by atoms with Gasteiger partial charge in [0.1, 0.15) is 11.6 Å². The van der Waals surface area contributed by atoms with Gasteiger partial charge in [0.25, 0.3) is 0 Å². The summed E-state index contributed by atoms with van der Waals surface area (Å²) in [4.78, 5) is 0. The first-order chi connectivity index (χ1) is 8.00. The minimum atomic E-state index is -2.08. The van der Waals surface area contributed by atoms with E-state index in [0.717, 1.165) is 18.5 Å².